The second-order valence-electron chi connectivity index (χ2n) is 5.66. The Kier molecular flexibility index (Phi) is 5.71. The van der Waals surface area contributed by atoms with Gasteiger partial charge in [-0.1, -0.05) is 53.5 Å². The van der Waals surface area contributed by atoms with Gasteiger partial charge in [0, 0.05) is 18.1 Å². The Labute approximate surface area is 161 Å². The van der Waals surface area contributed by atoms with Gasteiger partial charge in [-0.05, 0) is 30.7 Å². The summed E-state index contributed by atoms with van der Waals surface area (Å²) >= 11 is 11.8. The van der Waals surface area contributed by atoms with Gasteiger partial charge >= 0.3 is 0 Å². The summed E-state index contributed by atoms with van der Waals surface area (Å²) in [7, 11) is 0. The number of halogens is 2. The molecular weight excluding hydrogens is 371 g/mol. The van der Waals surface area contributed by atoms with Crippen LogP contribution in [-0.4, -0.2) is 15.9 Å². The molecule has 1 aromatic heterocycles. The lowest BCUT2D eigenvalue weighted by atomic mass is 10.1. The summed E-state index contributed by atoms with van der Waals surface area (Å²) in [6, 6.07) is 14.9. The van der Waals surface area contributed by atoms with Crippen LogP contribution in [0.2, 0.25) is 10.0 Å². The van der Waals surface area contributed by atoms with Gasteiger partial charge in [0.05, 0.1) is 21.7 Å². The first kappa shape index (κ1) is 18.2. The third-order valence-electron chi connectivity index (χ3n) is 3.74. The maximum atomic E-state index is 12.3. The van der Waals surface area contributed by atoms with E-state index < -0.39 is 0 Å². The van der Waals surface area contributed by atoms with Gasteiger partial charge in [-0.15, -0.1) is 0 Å². The Balaban J connectivity index is 1.65. The smallest absolute Gasteiger partial charge is 0.258 e. The fraction of sp³-hybridized carbons (Fsp3) is 0.105. The number of anilines is 2. The fourth-order valence-corrected chi connectivity index (χ4v) is 2.61. The van der Waals surface area contributed by atoms with Crippen LogP contribution in [-0.2, 0) is 0 Å². The minimum Gasteiger partial charge on any atom is -0.348 e. The zero-order chi connectivity index (χ0) is 18.5. The van der Waals surface area contributed by atoms with Crippen molar-refractivity contribution in [1.82, 2.24) is 9.97 Å². The molecule has 0 aliphatic rings. The lowest BCUT2D eigenvalue weighted by Crippen LogP contribution is -2.14. The number of carbonyl (C=O) groups excluding carboxylic acids is 1. The zero-order valence-corrected chi connectivity index (χ0v) is 15.4. The summed E-state index contributed by atoms with van der Waals surface area (Å²) in [4.78, 5) is 20.7. The van der Waals surface area contributed by atoms with Crippen LogP contribution in [0.1, 0.15) is 28.9 Å². The molecule has 0 aliphatic carbocycles. The van der Waals surface area contributed by atoms with Crippen LogP contribution in [0.25, 0.3) is 0 Å². The predicted octanol–water partition coefficient (Wildman–Crippen LogP) is 5.21. The number of benzene rings is 2. The summed E-state index contributed by atoms with van der Waals surface area (Å²) in [5.41, 5.74) is 2.01. The molecule has 0 fully saturated rings. The molecule has 0 bridgehead atoms. The highest BCUT2D eigenvalue weighted by molar-refractivity contribution is 6.42. The van der Waals surface area contributed by atoms with Crippen LogP contribution in [0, 0.1) is 0 Å². The van der Waals surface area contributed by atoms with E-state index in [1.807, 2.05) is 37.3 Å². The summed E-state index contributed by atoms with van der Waals surface area (Å²) in [6.45, 7) is 2.02. The van der Waals surface area contributed by atoms with Gasteiger partial charge in [0.25, 0.3) is 5.91 Å². The van der Waals surface area contributed by atoms with Gasteiger partial charge in [0.2, 0.25) is 5.95 Å². The molecule has 3 rings (SSSR count). The molecule has 1 heterocycles. The van der Waals surface area contributed by atoms with Crippen molar-refractivity contribution in [3.63, 3.8) is 0 Å². The highest BCUT2D eigenvalue weighted by Crippen LogP contribution is 2.25. The molecule has 1 amide bonds. The molecule has 0 aliphatic heterocycles. The minimum absolute atomic E-state index is 0.0482. The van der Waals surface area contributed by atoms with Crippen molar-refractivity contribution in [2.45, 2.75) is 13.0 Å². The van der Waals surface area contributed by atoms with Crippen molar-refractivity contribution >= 4 is 40.7 Å². The molecule has 7 heteroatoms. The summed E-state index contributed by atoms with van der Waals surface area (Å²) in [5.74, 6) is 0.124. The van der Waals surface area contributed by atoms with E-state index >= 15 is 0 Å². The number of aromatic nitrogens is 2. The van der Waals surface area contributed by atoms with E-state index in [2.05, 4.69) is 20.6 Å². The third-order valence-corrected chi connectivity index (χ3v) is 4.48. The number of hydrogen-bond acceptors (Lipinski definition) is 4. The lowest BCUT2D eigenvalue weighted by molar-refractivity contribution is 0.102. The van der Waals surface area contributed by atoms with Crippen molar-refractivity contribution < 1.29 is 4.79 Å². The van der Waals surface area contributed by atoms with Crippen molar-refractivity contribution in [3.8, 4) is 0 Å². The maximum absolute atomic E-state index is 12.3. The van der Waals surface area contributed by atoms with E-state index in [0.29, 0.717) is 27.2 Å². The van der Waals surface area contributed by atoms with E-state index in [1.54, 1.807) is 18.2 Å². The number of amides is 1. The fourth-order valence-electron chi connectivity index (χ4n) is 2.32. The molecule has 5 nitrogen and oxygen atoms in total. The summed E-state index contributed by atoms with van der Waals surface area (Å²) in [5, 5.41) is 6.73. The van der Waals surface area contributed by atoms with E-state index in [4.69, 9.17) is 23.2 Å². The minimum atomic E-state index is -0.328. The molecule has 0 spiro atoms. The van der Waals surface area contributed by atoms with Crippen LogP contribution in [0.3, 0.4) is 0 Å². The largest absolute Gasteiger partial charge is 0.348 e. The molecule has 0 saturated heterocycles. The van der Waals surface area contributed by atoms with Crippen LogP contribution in [0.15, 0.2) is 60.9 Å². The molecule has 1 atom stereocenters. The Morgan fingerprint density at radius 1 is 1.00 bits per heavy atom. The van der Waals surface area contributed by atoms with Gasteiger partial charge in [-0.2, -0.15) is 0 Å². The Morgan fingerprint density at radius 2 is 1.69 bits per heavy atom. The van der Waals surface area contributed by atoms with E-state index in [0.717, 1.165) is 5.56 Å². The maximum Gasteiger partial charge on any atom is 0.258 e. The van der Waals surface area contributed by atoms with Gasteiger partial charge < -0.3 is 10.6 Å². The molecular formula is C19H16Cl2N4O. The number of rotatable bonds is 5. The quantitative estimate of drug-likeness (QED) is 0.631. The number of carbonyl (C=O) groups is 1. The third kappa shape index (κ3) is 4.50. The van der Waals surface area contributed by atoms with Crippen molar-refractivity contribution in [2.75, 3.05) is 10.6 Å². The molecule has 2 N–H and O–H groups in total. The SMILES string of the molecule is CC(Nc1ncc(C(=O)Nc2ccc(Cl)c(Cl)c2)cn1)c1ccccc1. The molecule has 0 saturated carbocycles. The highest BCUT2D eigenvalue weighted by atomic mass is 35.5. The van der Waals surface area contributed by atoms with Crippen LogP contribution < -0.4 is 10.6 Å². The van der Waals surface area contributed by atoms with E-state index in [1.165, 1.54) is 12.4 Å². The first-order chi connectivity index (χ1) is 12.5. The Morgan fingerprint density at radius 3 is 2.35 bits per heavy atom. The molecule has 1 unspecified atom stereocenters. The molecule has 26 heavy (non-hydrogen) atoms. The van der Waals surface area contributed by atoms with Crippen LogP contribution >= 0.6 is 23.2 Å². The summed E-state index contributed by atoms with van der Waals surface area (Å²) in [6.07, 6.45) is 2.94. The van der Waals surface area contributed by atoms with E-state index in [-0.39, 0.29) is 11.9 Å². The Bertz CT molecular complexity index is 901. The van der Waals surface area contributed by atoms with Crippen molar-refractivity contribution in [2.24, 2.45) is 0 Å². The van der Waals surface area contributed by atoms with Crippen LogP contribution in [0.5, 0.6) is 0 Å². The average molecular weight is 387 g/mol. The standard InChI is InChI=1S/C19H16Cl2N4O/c1-12(13-5-3-2-4-6-13)24-19-22-10-14(11-23-19)18(26)25-15-7-8-16(20)17(21)9-15/h2-12H,1H3,(H,25,26)(H,22,23,24). The monoisotopic (exact) mass is 386 g/mol. The number of hydrogen-bond donors (Lipinski definition) is 2. The number of nitrogens with zero attached hydrogens (tertiary/aromatic N) is 2. The molecule has 0 radical (unpaired) electrons. The number of nitrogens with one attached hydrogen (secondary N) is 2. The summed E-state index contributed by atoms with van der Waals surface area (Å²) < 4.78 is 0. The van der Waals surface area contributed by atoms with Crippen molar-refractivity contribution in [1.29, 1.82) is 0 Å². The van der Waals surface area contributed by atoms with Gasteiger partial charge in [0.1, 0.15) is 0 Å². The molecule has 2 aromatic carbocycles. The van der Waals surface area contributed by atoms with Gasteiger partial charge in [0.15, 0.2) is 0 Å². The van der Waals surface area contributed by atoms with Gasteiger partial charge in [-0.25, -0.2) is 9.97 Å². The first-order valence-electron chi connectivity index (χ1n) is 7.93. The molecule has 132 valence electrons. The first-order valence-corrected chi connectivity index (χ1v) is 8.68. The Hall–Kier alpha value is -2.63. The zero-order valence-electron chi connectivity index (χ0n) is 13.9. The topological polar surface area (TPSA) is 66.9 Å². The highest BCUT2D eigenvalue weighted by Gasteiger charge is 2.10. The van der Waals surface area contributed by atoms with E-state index in [9.17, 15) is 4.79 Å². The predicted molar refractivity (Wildman–Crippen MR) is 105 cm³/mol. The second-order valence-corrected chi connectivity index (χ2v) is 6.47. The van der Waals surface area contributed by atoms with Crippen LogP contribution in [0.4, 0.5) is 11.6 Å². The normalized spacial score (nSPS) is 11.7. The second kappa shape index (κ2) is 8.17. The van der Waals surface area contributed by atoms with Crippen molar-refractivity contribution in [3.05, 3.63) is 82.1 Å². The lowest BCUT2D eigenvalue weighted by Gasteiger charge is -2.14. The van der Waals surface area contributed by atoms with Gasteiger partial charge in [-0.3, -0.25) is 4.79 Å². The average Bonchev–Trinajstić information content (AvgIpc) is 2.66. The molecule has 3 aromatic rings.